The molecular formula is C20H20BrN3O3S. The maximum absolute atomic E-state index is 12.4. The van der Waals surface area contributed by atoms with Crippen LogP contribution in [0.4, 0.5) is 10.8 Å². The van der Waals surface area contributed by atoms with E-state index in [-0.39, 0.29) is 12.5 Å². The second-order valence-corrected chi connectivity index (χ2v) is 8.28. The molecule has 1 N–H and O–H groups in total. The van der Waals surface area contributed by atoms with Crippen LogP contribution in [0.5, 0.6) is 0 Å². The summed E-state index contributed by atoms with van der Waals surface area (Å²) in [6, 6.07) is 5.74. The standard InChI is InChI=1S/C20H20BrN3O3S/c1-11-5-12(2)18(13(3)6-11)24(14(4)25)20-23-16(10-28-20)9-27-19(26)17-7-15(21)8-22-17/h5-8,10,22H,9H2,1-4H3. The average Bonchev–Trinajstić information content (AvgIpc) is 3.24. The van der Waals surface area contributed by atoms with Crippen molar-refractivity contribution in [1.82, 2.24) is 9.97 Å². The van der Waals surface area contributed by atoms with Crippen molar-refractivity contribution in [2.24, 2.45) is 0 Å². The first-order valence-electron chi connectivity index (χ1n) is 8.60. The Bertz CT molecular complexity index is 1020. The lowest BCUT2D eigenvalue weighted by molar-refractivity contribution is -0.115. The third kappa shape index (κ3) is 4.34. The Kier molecular flexibility index (Phi) is 6.00. The molecule has 3 rings (SSSR count). The van der Waals surface area contributed by atoms with E-state index in [0.717, 1.165) is 26.9 Å². The highest BCUT2D eigenvalue weighted by Gasteiger charge is 2.22. The Morgan fingerprint density at radius 2 is 1.89 bits per heavy atom. The van der Waals surface area contributed by atoms with Crippen LogP contribution < -0.4 is 4.90 Å². The molecule has 0 aliphatic carbocycles. The molecule has 0 unspecified atom stereocenters. The van der Waals surface area contributed by atoms with Crippen LogP contribution in [0.2, 0.25) is 0 Å². The first-order chi connectivity index (χ1) is 13.3. The van der Waals surface area contributed by atoms with Crippen molar-refractivity contribution < 1.29 is 14.3 Å². The van der Waals surface area contributed by atoms with Crippen molar-refractivity contribution in [3.05, 3.63) is 62.3 Å². The van der Waals surface area contributed by atoms with Gasteiger partial charge in [0.2, 0.25) is 5.91 Å². The fraction of sp³-hybridized carbons (Fsp3) is 0.250. The van der Waals surface area contributed by atoms with Gasteiger partial charge < -0.3 is 9.72 Å². The highest BCUT2D eigenvalue weighted by molar-refractivity contribution is 9.10. The number of carbonyl (C=O) groups is 2. The number of amides is 1. The number of benzene rings is 1. The zero-order valence-corrected chi connectivity index (χ0v) is 18.4. The van der Waals surface area contributed by atoms with Crippen molar-refractivity contribution in [3.63, 3.8) is 0 Å². The molecule has 0 bridgehead atoms. The number of anilines is 2. The lowest BCUT2D eigenvalue weighted by atomic mass is 10.0. The van der Waals surface area contributed by atoms with Crippen LogP contribution in [-0.4, -0.2) is 21.8 Å². The van der Waals surface area contributed by atoms with Gasteiger partial charge in [-0.2, -0.15) is 0 Å². The van der Waals surface area contributed by atoms with E-state index in [4.69, 9.17) is 4.74 Å². The summed E-state index contributed by atoms with van der Waals surface area (Å²) in [5.41, 5.74) is 4.95. The predicted molar refractivity (Wildman–Crippen MR) is 113 cm³/mol. The van der Waals surface area contributed by atoms with E-state index < -0.39 is 5.97 Å². The van der Waals surface area contributed by atoms with Gasteiger partial charge in [0.1, 0.15) is 12.3 Å². The summed E-state index contributed by atoms with van der Waals surface area (Å²) in [6.07, 6.45) is 1.66. The third-order valence-corrected chi connectivity index (χ3v) is 5.46. The largest absolute Gasteiger partial charge is 0.454 e. The first kappa shape index (κ1) is 20.3. The van der Waals surface area contributed by atoms with Gasteiger partial charge in [0.25, 0.3) is 0 Å². The molecule has 2 heterocycles. The number of aromatic nitrogens is 2. The topological polar surface area (TPSA) is 75.3 Å². The molecule has 2 aromatic heterocycles. The number of aryl methyl sites for hydroxylation is 3. The smallest absolute Gasteiger partial charge is 0.355 e. The monoisotopic (exact) mass is 461 g/mol. The number of carbonyl (C=O) groups excluding carboxylic acids is 2. The van der Waals surface area contributed by atoms with E-state index in [2.05, 4.69) is 25.9 Å². The van der Waals surface area contributed by atoms with Gasteiger partial charge in [-0.1, -0.05) is 17.7 Å². The summed E-state index contributed by atoms with van der Waals surface area (Å²) in [4.78, 5) is 33.4. The van der Waals surface area contributed by atoms with Gasteiger partial charge in [-0.25, -0.2) is 9.78 Å². The van der Waals surface area contributed by atoms with E-state index in [0.29, 0.717) is 16.5 Å². The fourth-order valence-corrected chi connectivity index (χ4v) is 4.28. The minimum atomic E-state index is -0.464. The number of thiazole rings is 1. The van der Waals surface area contributed by atoms with E-state index in [1.165, 1.54) is 18.3 Å². The van der Waals surface area contributed by atoms with E-state index >= 15 is 0 Å². The Morgan fingerprint density at radius 1 is 1.21 bits per heavy atom. The molecule has 146 valence electrons. The number of halogens is 1. The molecule has 1 aromatic carbocycles. The van der Waals surface area contributed by atoms with Crippen LogP contribution in [0.3, 0.4) is 0 Å². The van der Waals surface area contributed by atoms with Crippen molar-refractivity contribution in [2.75, 3.05) is 4.90 Å². The average molecular weight is 462 g/mol. The Hall–Kier alpha value is -2.45. The van der Waals surface area contributed by atoms with Crippen molar-refractivity contribution in [2.45, 2.75) is 34.3 Å². The molecule has 0 spiro atoms. The Labute approximate surface area is 175 Å². The third-order valence-electron chi connectivity index (χ3n) is 4.12. The number of hydrogen-bond donors (Lipinski definition) is 1. The molecule has 0 aliphatic heterocycles. The molecule has 0 atom stereocenters. The number of rotatable bonds is 5. The van der Waals surface area contributed by atoms with Crippen LogP contribution in [0.15, 0.2) is 34.2 Å². The SMILES string of the molecule is CC(=O)N(c1nc(COC(=O)c2cc(Br)c[nH]2)cs1)c1c(C)cc(C)cc1C. The molecule has 8 heteroatoms. The quantitative estimate of drug-likeness (QED) is 0.529. The number of H-pyrrole nitrogens is 1. The second kappa shape index (κ2) is 8.28. The van der Waals surface area contributed by atoms with E-state index in [1.54, 1.807) is 22.5 Å². The lowest BCUT2D eigenvalue weighted by Gasteiger charge is -2.23. The maximum atomic E-state index is 12.4. The summed E-state index contributed by atoms with van der Waals surface area (Å²) in [5.74, 6) is -0.585. The summed E-state index contributed by atoms with van der Waals surface area (Å²) >= 11 is 4.62. The molecule has 0 saturated carbocycles. The Balaban J connectivity index is 1.81. The number of nitrogens with one attached hydrogen (secondary N) is 1. The van der Waals surface area contributed by atoms with Gasteiger partial charge in [-0.05, 0) is 53.9 Å². The van der Waals surface area contributed by atoms with Crippen molar-refractivity contribution in [3.8, 4) is 0 Å². The van der Waals surface area contributed by atoms with Crippen LogP contribution >= 0.6 is 27.3 Å². The van der Waals surface area contributed by atoms with Gasteiger partial charge in [0, 0.05) is 23.0 Å². The van der Waals surface area contributed by atoms with Crippen molar-refractivity contribution in [1.29, 1.82) is 0 Å². The first-order valence-corrected chi connectivity index (χ1v) is 10.3. The molecule has 0 fully saturated rings. The predicted octanol–water partition coefficient (Wildman–Crippen LogP) is 5.20. The minimum Gasteiger partial charge on any atom is -0.454 e. The van der Waals surface area contributed by atoms with Gasteiger partial charge >= 0.3 is 5.97 Å². The van der Waals surface area contributed by atoms with E-state index in [1.807, 2.05) is 32.9 Å². The molecule has 0 aliphatic rings. The summed E-state index contributed by atoms with van der Waals surface area (Å²) in [7, 11) is 0. The molecule has 0 radical (unpaired) electrons. The second-order valence-electron chi connectivity index (χ2n) is 6.53. The van der Waals surface area contributed by atoms with E-state index in [9.17, 15) is 9.59 Å². The number of aromatic amines is 1. The molecule has 1 amide bonds. The van der Waals surface area contributed by atoms with Gasteiger partial charge in [0.05, 0.1) is 11.4 Å². The number of ether oxygens (including phenoxy) is 1. The lowest BCUT2D eigenvalue weighted by Crippen LogP contribution is -2.24. The Morgan fingerprint density at radius 3 is 2.46 bits per heavy atom. The molecule has 3 aromatic rings. The summed E-state index contributed by atoms with van der Waals surface area (Å²) in [5, 5.41) is 2.35. The van der Waals surface area contributed by atoms with Crippen LogP contribution in [0.25, 0.3) is 0 Å². The summed E-state index contributed by atoms with van der Waals surface area (Å²) < 4.78 is 6.07. The zero-order valence-electron chi connectivity index (χ0n) is 16.0. The number of hydrogen-bond acceptors (Lipinski definition) is 5. The van der Waals surface area contributed by atoms with Crippen molar-refractivity contribution >= 4 is 50.0 Å². The van der Waals surface area contributed by atoms with Crippen LogP contribution in [0, 0.1) is 20.8 Å². The highest BCUT2D eigenvalue weighted by Crippen LogP contribution is 2.34. The van der Waals surface area contributed by atoms with Gasteiger partial charge in [-0.15, -0.1) is 11.3 Å². The van der Waals surface area contributed by atoms with Gasteiger partial charge in [-0.3, -0.25) is 9.69 Å². The molecular weight excluding hydrogens is 442 g/mol. The summed E-state index contributed by atoms with van der Waals surface area (Å²) in [6.45, 7) is 7.54. The minimum absolute atomic E-state index is 0.0313. The maximum Gasteiger partial charge on any atom is 0.355 e. The fourth-order valence-electron chi connectivity index (χ4n) is 3.08. The number of esters is 1. The molecule has 6 nitrogen and oxygen atoms in total. The number of nitrogens with zero attached hydrogens (tertiary/aromatic N) is 2. The molecule has 28 heavy (non-hydrogen) atoms. The molecule has 0 saturated heterocycles. The van der Waals surface area contributed by atoms with Gasteiger partial charge in [0.15, 0.2) is 5.13 Å². The highest BCUT2D eigenvalue weighted by atomic mass is 79.9. The van der Waals surface area contributed by atoms with Crippen LogP contribution in [0.1, 0.15) is 39.8 Å². The normalized spacial score (nSPS) is 10.8. The van der Waals surface area contributed by atoms with Crippen LogP contribution in [-0.2, 0) is 16.1 Å². The zero-order chi connectivity index (χ0) is 20.4.